The van der Waals surface area contributed by atoms with Crippen molar-refractivity contribution in [1.29, 1.82) is 0 Å². The fraction of sp³-hybridized carbons (Fsp3) is 0.0435. The normalized spacial score (nSPS) is 15.1. The lowest BCUT2D eigenvalue weighted by Gasteiger charge is -2.12. The molecule has 0 unspecified atom stereocenters. The van der Waals surface area contributed by atoms with Gasteiger partial charge in [-0.1, -0.05) is 35.9 Å². The summed E-state index contributed by atoms with van der Waals surface area (Å²) in [4.78, 5) is 26.4. The smallest absolute Gasteiger partial charge is 0.298 e. The van der Waals surface area contributed by atoms with Crippen LogP contribution in [0.15, 0.2) is 77.7 Å². The van der Waals surface area contributed by atoms with Crippen LogP contribution in [-0.4, -0.2) is 16.3 Å². The van der Waals surface area contributed by atoms with Crippen molar-refractivity contribution in [3.63, 3.8) is 0 Å². The SMILES string of the molecule is O=C1S/C(=C\c2ccc(OCc3ccc(Cl)cc3)cc2)C(=O)N1c1ccc(O)cc1. The summed E-state index contributed by atoms with van der Waals surface area (Å²) >= 11 is 6.76. The van der Waals surface area contributed by atoms with Gasteiger partial charge in [-0.3, -0.25) is 9.59 Å². The van der Waals surface area contributed by atoms with Gasteiger partial charge in [0.2, 0.25) is 0 Å². The van der Waals surface area contributed by atoms with Crippen LogP contribution in [0.3, 0.4) is 0 Å². The standard InChI is InChI=1S/C23H16ClNO4S/c24-17-5-1-16(2-6-17)14-29-20-11-3-15(4-12-20)13-21-22(27)25(23(28)30-21)18-7-9-19(26)10-8-18/h1-13,26H,14H2/b21-13-. The van der Waals surface area contributed by atoms with Gasteiger partial charge in [0.15, 0.2) is 0 Å². The number of halogens is 1. The quantitative estimate of drug-likeness (QED) is 0.506. The van der Waals surface area contributed by atoms with Gasteiger partial charge >= 0.3 is 0 Å². The number of hydrogen-bond acceptors (Lipinski definition) is 5. The number of anilines is 1. The van der Waals surface area contributed by atoms with Crippen LogP contribution in [-0.2, 0) is 11.4 Å². The molecule has 150 valence electrons. The lowest BCUT2D eigenvalue weighted by Crippen LogP contribution is -2.27. The second-order valence-electron chi connectivity index (χ2n) is 6.52. The summed E-state index contributed by atoms with van der Waals surface area (Å²) in [5, 5.41) is 9.70. The van der Waals surface area contributed by atoms with E-state index < -0.39 is 5.91 Å². The van der Waals surface area contributed by atoms with Gasteiger partial charge in [0.05, 0.1) is 10.6 Å². The number of benzene rings is 3. The number of carbonyl (C=O) groups excluding carboxylic acids is 2. The molecule has 0 saturated carbocycles. The minimum atomic E-state index is -0.390. The van der Waals surface area contributed by atoms with Crippen molar-refractivity contribution >= 4 is 46.3 Å². The van der Waals surface area contributed by atoms with E-state index in [-0.39, 0.29) is 11.0 Å². The highest BCUT2D eigenvalue weighted by atomic mass is 35.5. The number of imide groups is 1. The summed E-state index contributed by atoms with van der Waals surface area (Å²) in [7, 11) is 0. The first-order valence-corrected chi connectivity index (χ1v) is 10.2. The van der Waals surface area contributed by atoms with Crippen LogP contribution >= 0.6 is 23.4 Å². The lowest BCUT2D eigenvalue weighted by atomic mass is 10.2. The molecular weight excluding hydrogens is 422 g/mol. The van der Waals surface area contributed by atoms with Gasteiger partial charge in [-0.15, -0.1) is 0 Å². The maximum Gasteiger partial charge on any atom is 0.298 e. The Bertz CT molecular complexity index is 1110. The molecule has 1 fully saturated rings. The maximum atomic E-state index is 12.7. The first kappa shape index (κ1) is 20.1. The summed E-state index contributed by atoms with van der Waals surface area (Å²) in [6.07, 6.45) is 1.67. The average molecular weight is 438 g/mol. The highest BCUT2D eigenvalue weighted by molar-refractivity contribution is 8.19. The predicted molar refractivity (Wildman–Crippen MR) is 119 cm³/mol. The van der Waals surface area contributed by atoms with Gasteiger partial charge in [0.1, 0.15) is 18.1 Å². The molecular formula is C23H16ClNO4S. The third-order valence-electron chi connectivity index (χ3n) is 4.40. The molecule has 1 N–H and O–H groups in total. The number of ether oxygens (including phenoxy) is 1. The first-order valence-electron chi connectivity index (χ1n) is 9.04. The Labute approximate surface area is 182 Å². The molecule has 2 amide bonds. The Hall–Kier alpha value is -3.22. The fourth-order valence-electron chi connectivity index (χ4n) is 2.85. The summed E-state index contributed by atoms with van der Waals surface area (Å²) in [5.74, 6) is 0.373. The van der Waals surface area contributed by atoms with Gasteiger partial charge in [-0.25, -0.2) is 4.90 Å². The van der Waals surface area contributed by atoms with Gasteiger partial charge in [-0.05, 0) is 77.5 Å². The van der Waals surface area contributed by atoms with Crippen molar-refractivity contribution < 1.29 is 19.4 Å². The number of amides is 2. The van der Waals surface area contributed by atoms with E-state index in [1.54, 1.807) is 6.08 Å². The van der Waals surface area contributed by atoms with E-state index >= 15 is 0 Å². The van der Waals surface area contributed by atoms with Crippen molar-refractivity contribution in [3.8, 4) is 11.5 Å². The predicted octanol–water partition coefficient (Wildman–Crippen LogP) is 5.87. The monoisotopic (exact) mass is 437 g/mol. The summed E-state index contributed by atoms with van der Waals surface area (Å²) in [6, 6.07) is 20.6. The highest BCUT2D eigenvalue weighted by Crippen LogP contribution is 2.36. The minimum Gasteiger partial charge on any atom is -0.508 e. The van der Waals surface area contributed by atoms with Crippen molar-refractivity contribution in [2.75, 3.05) is 4.90 Å². The second kappa shape index (κ2) is 8.65. The first-order chi connectivity index (χ1) is 14.5. The fourth-order valence-corrected chi connectivity index (χ4v) is 3.82. The Kier molecular flexibility index (Phi) is 5.79. The molecule has 1 aliphatic rings. The van der Waals surface area contributed by atoms with Crippen molar-refractivity contribution in [3.05, 3.63) is 93.9 Å². The number of hydrogen-bond donors (Lipinski definition) is 1. The van der Waals surface area contributed by atoms with Crippen LogP contribution in [0.1, 0.15) is 11.1 Å². The molecule has 3 aromatic carbocycles. The number of carbonyl (C=O) groups is 2. The molecule has 30 heavy (non-hydrogen) atoms. The van der Waals surface area contributed by atoms with Gasteiger partial charge < -0.3 is 9.84 Å². The van der Waals surface area contributed by atoms with Gasteiger partial charge in [0.25, 0.3) is 11.1 Å². The zero-order valence-electron chi connectivity index (χ0n) is 15.6. The molecule has 3 aromatic rings. The number of aromatic hydroxyl groups is 1. The van der Waals surface area contributed by atoms with Crippen LogP contribution < -0.4 is 9.64 Å². The zero-order valence-corrected chi connectivity index (χ0v) is 17.2. The van der Waals surface area contributed by atoms with Crippen LogP contribution in [0.25, 0.3) is 6.08 Å². The molecule has 4 rings (SSSR count). The lowest BCUT2D eigenvalue weighted by molar-refractivity contribution is -0.113. The van der Waals surface area contributed by atoms with E-state index in [2.05, 4.69) is 0 Å². The highest BCUT2D eigenvalue weighted by Gasteiger charge is 2.36. The van der Waals surface area contributed by atoms with E-state index in [4.69, 9.17) is 16.3 Å². The maximum absolute atomic E-state index is 12.7. The molecule has 1 saturated heterocycles. The number of nitrogens with zero attached hydrogens (tertiary/aromatic N) is 1. The van der Waals surface area contributed by atoms with Crippen LogP contribution in [0.5, 0.6) is 11.5 Å². The molecule has 0 spiro atoms. The molecule has 0 atom stereocenters. The molecule has 0 aliphatic carbocycles. The summed E-state index contributed by atoms with van der Waals surface area (Å²) in [6.45, 7) is 0.419. The molecule has 0 radical (unpaired) electrons. The molecule has 5 nitrogen and oxygen atoms in total. The second-order valence-corrected chi connectivity index (χ2v) is 7.95. The van der Waals surface area contributed by atoms with Gasteiger partial charge in [-0.2, -0.15) is 0 Å². The summed E-state index contributed by atoms with van der Waals surface area (Å²) in [5.41, 5.74) is 2.21. The van der Waals surface area contributed by atoms with Crippen molar-refractivity contribution in [1.82, 2.24) is 0 Å². The van der Waals surface area contributed by atoms with Crippen LogP contribution in [0.4, 0.5) is 10.5 Å². The minimum absolute atomic E-state index is 0.0691. The zero-order chi connectivity index (χ0) is 21.1. The van der Waals surface area contributed by atoms with Gasteiger partial charge in [0, 0.05) is 5.02 Å². The Morgan fingerprint density at radius 3 is 2.27 bits per heavy atom. The van der Waals surface area contributed by atoms with Crippen LogP contribution in [0, 0.1) is 0 Å². The van der Waals surface area contributed by atoms with E-state index in [0.29, 0.717) is 28.0 Å². The third-order valence-corrected chi connectivity index (χ3v) is 5.52. The van der Waals surface area contributed by atoms with E-state index in [1.807, 2.05) is 48.5 Å². The third kappa shape index (κ3) is 4.50. The number of phenols is 1. The van der Waals surface area contributed by atoms with Crippen molar-refractivity contribution in [2.24, 2.45) is 0 Å². The largest absolute Gasteiger partial charge is 0.508 e. The van der Waals surface area contributed by atoms with Crippen molar-refractivity contribution in [2.45, 2.75) is 6.61 Å². The van der Waals surface area contributed by atoms with E-state index in [0.717, 1.165) is 27.8 Å². The Morgan fingerprint density at radius 1 is 0.933 bits per heavy atom. The molecule has 7 heteroatoms. The Morgan fingerprint density at radius 2 is 1.60 bits per heavy atom. The number of rotatable bonds is 5. The van der Waals surface area contributed by atoms with Crippen LogP contribution in [0.2, 0.25) is 5.02 Å². The average Bonchev–Trinajstić information content (AvgIpc) is 3.02. The molecule has 0 bridgehead atoms. The Balaban J connectivity index is 1.44. The topological polar surface area (TPSA) is 66.8 Å². The molecule has 1 aliphatic heterocycles. The van der Waals surface area contributed by atoms with E-state index in [1.165, 1.54) is 24.3 Å². The number of phenolic OH excluding ortho intramolecular Hbond substituents is 1. The van der Waals surface area contributed by atoms with E-state index in [9.17, 15) is 14.7 Å². The number of thioether (sulfide) groups is 1. The molecule has 1 heterocycles. The molecule has 0 aromatic heterocycles. The summed E-state index contributed by atoms with van der Waals surface area (Å²) < 4.78 is 5.76.